The quantitative estimate of drug-likeness (QED) is 0.455. The number of rotatable bonds is 10. The summed E-state index contributed by atoms with van der Waals surface area (Å²) >= 11 is 0. The number of nitrogens with two attached hydrogens (primary N) is 1. The van der Waals surface area contributed by atoms with Gasteiger partial charge < -0.3 is 20.1 Å². The molecule has 0 fully saturated rings. The number of ether oxygens (including phenoxy) is 2. The predicted octanol–water partition coefficient (Wildman–Crippen LogP) is 4.11. The molecule has 0 heterocycles. The van der Waals surface area contributed by atoms with Crippen molar-refractivity contribution < 1.29 is 28.0 Å². The molecular weight excluding hydrogens is 400 g/mol. The third kappa shape index (κ3) is 5.34. The van der Waals surface area contributed by atoms with Crippen molar-refractivity contribution in [1.29, 1.82) is 0 Å². The Hall–Kier alpha value is -3.43. The van der Waals surface area contributed by atoms with Gasteiger partial charge in [0.1, 0.15) is 0 Å². The van der Waals surface area contributed by atoms with Gasteiger partial charge in [0.25, 0.3) is 5.69 Å². The van der Waals surface area contributed by atoms with E-state index in [-0.39, 0.29) is 29.6 Å². The molecule has 1 amide bonds. The monoisotopic (exact) mass is 423 g/mol. The second kappa shape index (κ2) is 9.86. The van der Waals surface area contributed by atoms with Gasteiger partial charge in [-0.25, -0.2) is 0 Å². The van der Waals surface area contributed by atoms with Crippen LogP contribution >= 0.6 is 0 Å². The van der Waals surface area contributed by atoms with Crippen LogP contribution in [-0.2, 0) is 6.54 Å². The van der Waals surface area contributed by atoms with Gasteiger partial charge in [-0.1, -0.05) is 6.92 Å². The SMILES string of the molecule is CCC(C)N(Cc1cc(OC)c(OC(F)F)cc1[N+](=O)[O-])c1ccc(C(N)=O)cc1. The summed E-state index contributed by atoms with van der Waals surface area (Å²) in [4.78, 5) is 24.2. The minimum Gasteiger partial charge on any atom is -0.493 e. The van der Waals surface area contributed by atoms with Crippen LogP contribution in [0.3, 0.4) is 0 Å². The summed E-state index contributed by atoms with van der Waals surface area (Å²) in [5, 5.41) is 11.6. The minimum absolute atomic E-state index is 0.0213. The number of carbonyl (C=O) groups is 1. The molecule has 2 rings (SSSR count). The molecule has 10 heteroatoms. The van der Waals surface area contributed by atoms with Crippen molar-refractivity contribution in [1.82, 2.24) is 0 Å². The first kappa shape index (κ1) is 22.9. The molecule has 0 aliphatic rings. The number of benzene rings is 2. The van der Waals surface area contributed by atoms with Gasteiger partial charge >= 0.3 is 6.61 Å². The van der Waals surface area contributed by atoms with E-state index in [1.54, 1.807) is 24.3 Å². The highest BCUT2D eigenvalue weighted by Gasteiger charge is 2.25. The first-order valence-corrected chi connectivity index (χ1v) is 9.14. The number of methoxy groups -OCH3 is 1. The van der Waals surface area contributed by atoms with Crippen LogP contribution in [0, 0.1) is 10.1 Å². The summed E-state index contributed by atoms with van der Waals surface area (Å²) in [6.45, 7) is 0.861. The zero-order valence-corrected chi connectivity index (χ0v) is 16.8. The molecule has 2 N–H and O–H groups in total. The normalized spacial score (nSPS) is 11.8. The van der Waals surface area contributed by atoms with Gasteiger partial charge in [0.05, 0.1) is 30.2 Å². The number of halogens is 2. The van der Waals surface area contributed by atoms with Crippen LogP contribution in [0.1, 0.15) is 36.2 Å². The highest BCUT2D eigenvalue weighted by atomic mass is 19.3. The second-order valence-electron chi connectivity index (χ2n) is 6.56. The summed E-state index contributed by atoms with van der Waals surface area (Å²) in [5.74, 6) is -1.01. The lowest BCUT2D eigenvalue weighted by molar-refractivity contribution is -0.385. The van der Waals surface area contributed by atoms with Gasteiger partial charge in [-0.15, -0.1) is 0 Å². The molecule has 0 radical (unpaired) electrons. The number of nitro benzene ring substituents is 1. The van der Waals surface area contributed by atoms with Gasteiger partial charge in [-0.2, -0.15) is 8.78 Å². The molecule has 0 aliphatic carbocycles. The van der Waals surface area contributed by atoms with Crippen molar-refractivity contribution in [2.45, 2.75) is 39.5 Å². The van der Waals surface area contributed by atoms with E-state index >= 15 is 0 Å². The fourth-order valence-electron chi connectivity index (χ4n) is 2.96. The van der Waals surface area contributed by atoms with Crippen LogP contribution in [0.4, 0.5) is 20.2 Å². The lowest BCUT2D eigenvalue weighted by Crippen LogP contribution is -2.32. The van der Waals surface area contributed by atoms with Crippen molar-refractivity contribution in [3.8, 4) is 11.5 Å². The number of alkyl halides is 2. The van der Waals surface area contributed by atoms with E-state index in [2.05, 4.69) is 4.74 Å². The van der Waals surface area contributed by atoms with Crippen LogP contribution in [0.2, 0.25) is 0 Å². The molecule has 2 aromatic carbocycles. The smallest absolute Gasteiger partial charge is 0.387 e. The van der Waals surface area contributed by atoms with Crippen molar-refractivity contribution >= 4 is 17.3 Å². The molecule has 0 saturated heterocycles. The van der Waals surface area contributed by atoms with Crippen molar-refractivity contribution in [3.63, 3.8) is 0 Å². The Bertz CT molecular complexity index is 906. The number of amides is 1. The maximum absolute atomic E-state index is 12.7. The number of anilines is 1. The Morgan fingerprint density at radius 2 is 1.87 bits per heavy atom. The largest absolute Gasteiger partial charge is 0.493 e. The summed E-state index contributed by atoms with van der Waals surface area (Å²) in [5.41, 5.74) is 6.23. The number of hydrogen-bond acceptors (Lipinski definition) is 6. The average Bonchev–Trinajstić information content (AvgIpc) is 2.71. The highest BCUT2D eigenvalue weighted by Crippen LogP contribution is 2.37. The maximum Gasteiger partial charge on any atom is 0.387 e. The van der Waals surface area contributed by atoms with E-state index in [9.17, 15) is 23.7 Å². The Kier molecular flexibility index (Phi) is 7.51. The lowest BCUT2D eigenvalue weighted by atomic mass is 10.1. The van der Waals surface area contributed by atoms with Crippen LogP contribution in [-0.4, -0.2) is 30.6 Å². The molecule has 0 saturated carbocycles. The molecule has 8 nitrogen and oxygen atoms in total. The third-order valence-electron chi connectivity index (χ3n) is 4.72. The number of carbonyl (C=O) groups excluding carboxylic acids is 1. The van der Waals surface area contributed by atoms with Crippen molar-refractivity contribution in [2.75, 3.05) is 12.0 Å². The highest BCUT2D eigenvalue weighted by molar-refractivity contribution is 5.93. The molecule has 0 aliphatic heterocycles. The Labute approximate surface area is 172 Å². The number of nitro groups is 1. The van der Waals surface area contributed by atoms with E-state index in [0.717, 1.165) is 18.2 Å². The second-order valence-corrected chi connectivity index (χ2v) is 6.56. The van der Waals surface area contributed by atoms with E-state index in [1.807, 2.05) is 18.7 Å². The van der Waals surface area contributed by atoms with E-state index in [0.29, 0.717) is 5.56 Å². The molecular formula is C20H23F2N3O5. The zero-order valence-electron chi connectivity index (χ0n) is 16.8. The Morgan fingerprint density at radius 1 is 1.23 bits per heavy atom. The number of hydrogen-bond donors (Lipinski definition) is 1. The number of primary amides is 1. The van der Waals surface area contributed by atoms with Gasteiger partial charge in [-0.3, -0.25) is 14.9 Å². The summed E-state index contributed by atoms with van der Waals surface area (Å²) < 4.78 is 34.8. The van der Waals surface area contributed by atoms with Gasteiger partial charge in [-0.05, 0) is 43.7 Å². The van der Waals surface area contributed by atoms with Gasteiger partial charge in [0, 0.05) is 17.3 Å². The van der Waals surface area contributed by atoms with Gasteiger partial charge in [0.15, 0.2) is 11.5 Å². The summed E-state index contributed by atoms with van der Waals surface area (Å²) in [6, 6.07) is 8.78. The van der Waals surface area contributed by atoms with E-state index in [4.69, 9.17) is 10.5 Å². The average molecular weight is 423 g/mol. The van der Waals surface area contributed by atoms with Crippen LogP contribution in [0.15, 0.2) is 36.4 Å². The summed E-state index contributed by atoms with van der Waals surface area (Å²) in [6.07, 6.45) is 0.731. The molecule has 162 valence electrons. The molecule has 1 atom stereocenters. The van der Waals surface area contributed by atoms with Crippen LogP contribution in [0.5, 0.6) is 11.5 Å². The maximum atomic E-state index is 12.7. The van der Waals surface area contributed by atoms with Crippen LogP contribution < -0.4 is 20.1 Å². The third-order valence-corrected chi connectivity index (χ3v) is 4.72. The predicted molar refractivity (Wildman–Crippen MR) is 107 cm³/mol. The Balaban J connectivity index is 2.50. The first-order valence-electron chi connectivity index (χ1n) is 9.14. The van der Waals surface area contributed by atoms with Gasteiger partial charge in [0.2, 0.25) is 5.91 Å². The topological polar surface area (TPSA) is 108 Å². The fourth-order valence-corrected chi connectivity index (χ4v) is 2.96. The first-order chi connectivity index (χ1) is 14.2. The van der Waals surface area contributed by atoms with E-state index < -0.39 is 23.2 Å². The molecule has 0 bridgehead atoms. The minimum atomic E-state index is -3.15. The van der Waals surface area contributed by atoms with Crippen LogP contribution in [0.25, 0.3) is 0 Å². The zero-order chi connectivity index (χ0) is 22.4. The van der Waals surface area contributed by atoms with E-state index in [1.165, 1.54) is 13.2 Å². The van der Waals surface area contributed by atoms with Crippen molar-refractivity contribution in [3.05, 3.63) is 57.6 Å². The standard InChI is InChI=1S/C20H23F2N3O5/c1-4-12(2)24(15-7-5-13(6-8-15)19(23)26)11-14-9-17(29-3)18(30-20(21)22)10-16(14)25(27)28/h5-10,12,20H,4,11H2,1-3H3,(H2,23,26). The molecule has 0 aromatic heterocycles. The molecule has 1 unspecified atom stereocenters. The van der Waals surface area contributed by atoms with Crippen molar-refractivity contribution in [2.24, 2.45) is 5.73 Å². The molecule has 2 aromatic rings. The Morgan fingerprint density at radius 3 is 2.33 bits per heavy atom. The molecule has 30 heavy (non-hydrogen) atoms. The summed E-state index contributed by atoms with van der Waals surface area (Å²) in [7, 11) is 1.26. The fraction of sp³-hybridized carbons (Fsp3) is 0.350. The lowest BCUT2D eigenvalue weighted by Gasteiger charge is -2.31. The number of nitrogens with zero attached hydrogens (tertiary/aromatic N) is 2. The molecule has 0 spiro atoms.